The van der Waals surface area contributed by atoms with Gasteiger partial charge in [-0.15, -0.1) is 0 Å². The number of aromatic nitrogens is 1. The first-order valence-electron chi connectivity index (χ1n) is 5.61. The van der Waals surface area contributed by atoms with Gasteiger partial charge in [0, 0.05) is 12.8 Å². The Kier molecular flexibility index (Phi) is 4.23. The van der Waals surface area contributed by atoms with Gasteiger partial charge in [0.05, 0.1) is 22.3 Å². The van der Waals surface area contributed by atoms with Crippen LogP contribution in [0.5, 0.6) is 0 Å². The van der Waals surface area contributed by atoms with Crippen molar-refractivity contribution in [2.75, 3.05) is 23.9 Å². The second kappa shape index (κ2) is 5.12. The van der Waals surface area contributed by atoms with Crippen molar-refractivity contribution >= 4 is 21.2 Å². The summed E-state index contributed by atoms with van der Waals surface area (Å²) in [5.74, 6) is 0. The van der Waals surface area contributed by atoms with Gasteiger partial charge in [-0.3, -0.25) is 0 Å². The molecule has 0 aromatic carbocycles. The number of hydrogen-bond donors (Lipinski definition) is 2. The van der Waals surface area contributed by atoms with E-state index in [1.54, 1.807) is 0 Å². The standard InChI is InChI=1S/C11H16F3N3O2S/c1-10(2,20(3,18)19)6-17-8-4-9(11(12,13)14)16-5-7(8)15/h4-5H,6,15H2,1-3H3,(H,16,17). The lowest BCUT2D eigenvalue weighted by molar-refractivity contribution is -0.141. The lowest BCUT2D eigenvalue weighted by Crippen LogP contribution is -2.38. The molecule has 1 aromatic heterocycles. The molecule has 0 aliphatic heterocycles. The highest BCUT2D eigenvalue weighted by Crippen LogP contribution is 2.31. The molecule has 0 atom stereocenters. The van der Waals surface area contributed by atoms with E-state index >= 15 is 0 Å². The molecule has 0 bridgehead atoms. The van der Waals surface area contributed by atoms with Gasteiger partial charge in [-0.25, -0.2) is 13.4 Å². The van der Waals surface area contributed by atoms with Crippen molar-refractivity contribution in [2.24, 2.45) is 0 Å². The Morgan fingerprint density at radius 3 is 2.35 bits per heavy atom. The SMILES string of the molecule is CC(C)(CNc1cc(C(F)(F)F)ncc1N)S(C)(=O)=O. The quantitative estimate of drug-likeness (QED) is 0.887. The predicted octanol–water partition coefficient (Wildman–Crippen LogP) is 1.92. The third-order valence-electron chi connectivity index (χ3n) is 2.93. The first kappa shape index (κ1) is 16.5. The van der Waals surface area contributed by atoms with Crippen molar-refractivity contribution in [3.8, 4) is 0 Å². The summed E-state index contributed by atoms with van der Waals surface area (Å²) in [5.41, 5.74) is 4.46. The fraction of sp³-hybridized carbons (Fsp3) is 0.545. The van der Waals surface area contributed by atoms with Gasteiger partial charge in [0.15, 0.2) is 9.84 Å². The second-order valence-electron chi connectivity index (χ2n) is 5.04. The molecule has 0 aliphatic rings. The lowest BCUT2D eigenvalue weighted by Gasteiger charge is -2.24. The number of rotatable bonds is 4. The van der Waals surface area contributed by atoms with Crippen LogP contribution in [0.25, 0.3) is 0 Å². The van der Waals surface area contributed by atoms with Crippen molar-refractivity contribution in [1.29, 1.82) is 0 Å². The van der Waals surface area contributed by atoms with E-state index in [-0.39, 0.29) is 17.9 Å². The van der Waals surface area contributed by atoms with Crippen LogP contribution in [-0.4, -0.2) is 30.9 Å². The summed E-state index contributed by atoms with van der Waals surface area (Å²) in [6.45, 7) is 2.87. The van der Waals surface area contributed by atoms with Gasteiger partial charge >= 0.3 is 6.18 Å². The second-order valence-corrected chi connectivity index (χ2v) is 7.69. The van der Waals surface area contributed by atoms with Crippen LogP contribution >= 0.6 is 0 Å². The number of nitrogens with zero attached hydrogens (tertiary/aromatic N) is 1. The molecule has 0 spiro atoms. The Morgan fingerprint density at radius 2 is 1.90 bits per heavy atom. The molecule has 0 amide bonds. The number of halogens is 3. The summed E-state index contributed by atoms with van der Waals surface area (Å²) in [5, 5.41) is 2.63. The van der Waals surface area contributed by atoms with Crippen molar-refractivity contribution in [1.82, 2.24) is 4.98 Å². The van der Waals surface area contributed by atoms with Gasteiger partial charge in [-0.2, -0.15) is 13.2 Å². The van der Waals surface area contributed by atoms with Gasteiger partial charge in [-0.1, -0.05) is 0 Å². The molecule has 0 saturated heterocycles. The fourth-order valence-electron chi connectivity index (χ4n) is 1.21. The number of anilines is 2. The van der Waals surface area contributed by atoms with E-state index < -0.39 is 26.5 Å². The maximum Gasteiger partial charge on any atom is 0.433 e. The Morgan fingerprint density at radius 1 is 1.35 bits per heavy atom. The Labute approximate surface area is 115 Å². The summed E-state index contributed by atoms with van der Waals surface area (Å²) in [4.78, 5) is 3.20. The molecule has 114 valence electrons. The van der Waals surface area contributed by atoms with E-state index in [2.05, 4.69) is 10.3 Å². The highest BCUT2D eigenvalue weighted by molar-refractivity contribution is 7.92. The predicted molar refractivity (Wildman–Crippen MR) is 71.1 cm³/mol. The fourth-order valence-corrected chi connectivity index (χ4v) is 1.55. The number of alkyl halides is 3. The first-order valence-corrected chi connectivity index (χ1v) is 7.50. The van der Waals surface area contributed by atoms with Gasteiger partial charge < -0.3 is 11.1 Å². The molecule has 0 fully saturated rings. The molecule has 0 saturated carbocycles. The first-order chi connectivity index (χ1) is 8.84. The van der Waals surface area contributed by atoms with Gasteiger partial charge in [0.1, 0.15) is 5.69 Å². The van der Waals surface area contributed by atoms with Crippen LogP contribution in [0.4, 0.5) is 24.5 Å². The zero-order chi connectivity index (χ0) is 15.8. The minimum atomic E-state index is -4.59. The summed E-state index contributed by atoms with van der Waals surface area (Å²) >= 11 is 0. The van der Waals surface area contributed by atoms with Gasteiger partial charge in [0.25, 0.3) is 0 Å². The van der Waals surface area contributed by atoms with Crippen LogP contribution in [0.3, 0.4) is 0 Å². The van der Waals surface area contributed by atoms with E-state index in [9.17, 15) is 21.6 Å². The summed E-state index contributed by atoms with van der Waals surface area (Å²) in [7, 11) is -3.37. The van der Waals surface area contributed by atoms with Crippen molar-refractivity contribution in [2.45, 2.75) is 24.8 Å². The van der Waals surface area contributed by atoms with Crippen molar-refractivity contribution in [3.05, 3.63) is 18.0 Å². The number of nitrogens with two attached hydrogens (primary N) is 1. The summed E-state index contributed by atoms with van der Waals surface area (Å²) in [6, 6.07) is 0.758. The zero-order valence-corrected chi connectivity index (χ0v) is 12.1. The van der Waals surface area contributed by atoms with Crippen LogP contribution in [0.2, 0.25) is 0 Å². The molecule has 1 aromatic rings. The maximum atomic E-state index is 12.5. The van der Waals surface area contributed by atoms with Crippen LogP contribution in [-0.2, 0) is 16.0 Å². The molecule has 20 heavy (non-hydrogen) atoms. The number of sulfone groups is 1. The van der Waals surface area contributed by atoms with Gasteiger partial charge in [0.2, 0.25) is 0 Å². The molecule has 0 aliphatic carbocycles. The Balaban J connectivity index is 3.00. The van der Waals surface area contributed by atoms with Crippen LogP contribution < -0.4 is 11.1 Å². The minimum Gasteiger partial charge on any atom is -0.396 e. The monoisotopic (exact) mass is 311 g/mol. The average molecular weight is 311 g/mol. The average Bonchev–Trinajstić information content (AvgIpc) is 2.24. The number of nitrogen functional groups attached to an aromatic ring is 1. The van der Waals surface area contributed by atoms with Crippen LogP contribution in [0, 0.1) is 0 Å². The molecule has 5 nitrogen and oxygen atoms in total. The third kappa shape index (κ3) is 3.75. The molecular formula is C11H16F3N3O2S. The molecule has 3 N–H and O–H groups in total. The number of nitrogens with one attached hydrogen (secondary N) is 1. The van der Waals surface area contributed by atoms with E-state index in [1.165, 1.54) is 13.8 Å². The smallest absolute Gasteiger partial charge is 0.396 e. The van der Waals surface area contributed by atoms with Crippen molar-refractivity contribution in [3.63, 3.8) is 0 Å². The molecule has 9 heteroatoms. The van der Waals surface area contributed by atoms with E-state index in [0.29, 0.717) is 0 Å². The maximum absolute atomic E-state index is 12.5. The molecule has 0 unspecified atom stereocenters. The number of pyridine rings is 1. The largest absolute Gasteiger partial charge is 0.433 e. The molecular weight excluding hydrogens is 295 g/mol. The summed E-state index contributed by atoms with van der Waals surface area (Å²) in [6.07, 6.45) is -2.64. The molecule has 1 rings (SSSR count). The molecule has 1 heterocycles. The van der Waals surface area contributed by atoms with Crippen LogP contribution in [0.1, 0.15) is 19.5 Å². The Bertz CT molecular complexity index is 597. The minimum absolute atomic E-state index is 0.00375. The zero-order valence-electron chi connectivity index (χ0n) is 11.2. The normalized spacial score (nSPS) is 13.3. The van der Waals surface area contributed by atoms with Crippen LogP contribution in [0.15, 0.2) is 12.3 Å². The van der Waals surface area contributed by atoms with E-state index in [4.69, 9.17) is 5.73 Å². The molecule has 0 radical (unpaired) electrons. The van der Waals surface area contributed by atoms with Gasteiger partial charge in [-0.05, 0) is 19.9 Å². The highest BCUT2D eigenvalue weighted by Gasteiger charge is 2.34. The van der Waals surface area contributed by atoms with Crippen molar-refractivity contribution < 1.29 is 21.6 Å². The third-order valence-corrected chi connectivity index (χ3v) is 5.09. The lowest BCUT2D eigenvalue weighted by atomic mass is 10.2. The van der Waals surface area contributed by atoms with E-state index in [1.807, 2.05) is 0 Å². The van der Waals surface area contributed by atoms with E-state index in [0.717, 1.165) is 18.5 Å². The highest BCUT2D eigenvalue weighted by atomic mass is 32.2. The summed E-state index contributed by atoms with van der Waals surface area (Å²) < 4.78 is 59.5. The topological polar surface area (TPSA) is 85.1 Å². The number of hydrogen-bond acceptors (Lipinski definition) is 5. The Hall–Kier alpha value is -1.51.